The summed E-state index contributed by atoms with van der Waals surface area (Å²) >= 11 is 4.83. The predicted molar refractivity (Wildman–Crippen MR) is 79.9 cm³/mol. The molecule has 0 spiro atoms. The number of amides is 1. The maximum atomic E-state index is 12.0. The molecule has 1 aromatic carbocycles. The lowest BCUT2D eigenvalue weighted by atomic mass is 10.1. The molecular formula is C12H17BrN2O2S. The molecule has 1 amide bonds. The molecule has 0 aliphatic heterocycles. The molecule has 1 unspecified atom stereocenters. The van der Waals surface area contributed by atoms with E-state index >= 15 is 0 Å². The Morgan fingerprint density at radius 2 is 2.28 bits per heavy atom. The van der Waals surface area contributed by atoms with Crippen LogP contribution in [-0.2, 0) is 0 Å². The van der Waals surface area contributed by atoms with Crippen LogP contribution in [0.1, 0.15) is 17.3 Å². The molecule has 4 N–H and O–H groups in total. The summed E-state index contributed by atoms with van der Waals surface area (Å²) in [5.74, 6) is 0.307. The first-order valence-electron chi connectivity index (χ1n) is 5.40. The first kappa shape index (κ1) is 15.3. The van der Waals surface area contributed by atoms with Crippen molar-refractivity contribution in [1.82, 2.24) is 5.32 Å². The van der Waals surface area contributed by atoms with Crippen LogP contribution in [0.3, 0.4) is 0 Å². The first-order valence-corrected chi connectivity index (χ1v) is 7.59. The average molecular weight is 333 g/mol. The number of rotatable bonds is 5. The van der Waals surface area contributed by atoms with Crippen molar-refractivity contribution in [2.24, 2.45) is 0 Å². The molecule has 100 valence electrons. The van der Waals surface area contributed by atoms with E-state index < -0.39 is 5.60 Å². The predicted octanol–water partition coefficient (Wildman–Crippen LogP) is 1.88. The zero-order valence-corrected chi connectivity index (χ0v) is 12.8. The second kappa shape index (κ2) is 6.45. The van der Waals surface area contributed by atoms with Crippen LogP contribution in [-0.4, -0.2) is 35.2 Å². The highest BCUT2D eigenvalue weighted by Gasteiger charge is 2.21. The summed E-state index contributed by atoms with van der Waals surface area (Å²) in [6.07, 6.45) is 1.91. The number of nitrogens with one attached hydrogen (secondary N) is 1. The number of hydrogen-bond acceptors (Lipinski definition) is 4. The largest absolute Gasteiger partial charge is 0.399 e. The topological polar surface area (TPSA) is 75.3 Å². The third kappa shape index (κ3) is 4.51. The molecule has 0 fully saturated rings. The molecule has 0 bridgehead atoms. The summed E-state index contributed by atoms with van der Waals surface area (Å²) in [5.41, 5.74) is 5.72. The normalized spacial score (nSPS) is 14.0. The highest BCUT2D eigenvalue weighted by Crippen LogP contribution is 2.19. The highest BCUT2D eigenvalue weighted by atomic mass is 79.9. The van der Waals surface area contributed by atoms with Crippen molar-refractivity contribution in [2.45, 2.75) is 12.5 Å². The molecule has 1 aromatic rings. The van der Waals surface area contributed by atoms with E-state index in [1.54, 1.807) is 25.1 Å². The van der Waals surface area contributed by atoms with Gasteiger partial charge in [-0.15, -0.1) is 0 Å². The third-order valence-electron chi connectivity index (χ3n) is 2.32. The quantitative estimate of drug-likeness (QED) is 0.719. The maximum Gasteiger partial charge on any atom is 0.252 e. The molecule has 6 heteroatoms. The van der Waals surface area contributed by atoms with E-state index in [0.29, 0.717) is 21.5 Å². The number of benzene rings is 1. The fraction of sp³-hybridized carbons (Fsp3) is 0.417. The van der Waals surface area contributed by atoms with Crippen molar-refractivity contribution in [3.63, 3.8) is 0 Å². The van der Waals surface area contributed by atoms with Crippen molar-refractivity contribution in [3.8, 4) is 0 Å². The van der Waals surface area contributed by atoms with Crippen molar-refractivity contribution >= 4 is 39.3 Å². The lowest BCUT2D eigenvalue weighted by molar-refractivity contribution is 0.0724. The number of aliphatic hydroxyl groups is 1. The van der Waals surface area contributed by atoms with Gasteiger partial charge in [-0.2, -0.15) is 11.8 Å². The SMILES string of the molecule is CSCC(C)(O)CNC(=O)c1cc(N)ccc1Br. The van der Waals surface area contributed by atoms with E-state index in [1.807, 2.05) is 6.26 Å². The molecule has 1 rings (SSSR count). The summed E-state index contributed by atoms with van der Waals surface area (Å²) in [6, 6.07) is 5.04. The molecule has 0 aliphatic rings. The van der Waals surface area contributed by atoms with Gasteiger partial charge in [0.1, 0.15) is 0 Å². The molecule has 1 atom stereocenters. The molecule has 0 saturated carbocycles. The van der Waals surface area contributed by atoms with Gasteiger partial charge in [0, 0.05) is 22.5 Å². The summed E-state index contributed by atoms with van der Waals surface area (Å²) in [5, 5.41) is 12.7. The minimum atomic E-state index is -0.915. The van der Waals surface area contributed by atoms with E-state index in [4.69, 9.17) is 5.73 Å². The number of halogens is 1. The molecular weight excluding hydrogens is 316 g/mol. The Morgan fingerprint density at radius 1 is 1.61 bits per heavy atom. The minimum absolute atomic E-state index is 0.202. The van der Waals surface area contributed by atoms with Crippen LogP contribution in [0, 0.1) is 0 Å². The Labute approximate surface area is 119 Å². The van der Waals surface area contributed by atoms with Crippen LogP contribution in [0.15, 0.2) is 22.7 Å². The van der Waals surface area contributed by atoms with Crippen LogP contribution in [0.5, 0.6) is 0 Å². The van der Waals surface area contributed by atoms with Gasteiger partial charge in [0.15, 0.2) is 0 Å². The number of carbonyl (C=O) groups excluding carboxylic acids is 1. The number of thioether (sulfide) groups is 1. The van der Waals surface area contributed by atoms with Gasteiger partial charge < -0.3 is 16.2 Å². The molecule has 0 aliphatic carbocycles. The standard InChI is InChI=1S/C12H17BrN2O2S/c1-12(17,7-18-2)6-15-11(16)9-5-8(14)3-4-10(9)13/h3-5,17H,6-7,14H2,1-2H3,(H,15,16). The Morgan fingerprint density at radius 3 is 2.89 bits per heavy atom. The fourth-order valence-corrected chi connectivity index (χ4v) is 2.60. The average Bonchev–Trinajstić information content (AvgIpc) is 2.29. The third-order valence-corrected chi connectivity index (χ3v) is 3.92. The Kier molecular flexibility index (Phi) is 5.49. The van der Waals surface area contributed by atoms with Crippen molar-refractivity contribution in [2.75, 3.05) is 24.3 Å². The lowest BCUT2D eigenvalue weighted by Gasteiger charge is -2.22. The van der Waals surface area contributed by atoms with Crippen LogP contribution < -0.4 is 11.1 Å². The number of anilines is 1. The summed E-state index contributed by atoms with van der Waals surface area (Å²) in [4.78, 5) is 12.0. The summed E-state index contributed by atoms with van der Waals surface area (Å²) in [7, 11) is 0. The Balaban J connectivity index is 2.69. The number of nitrogens with two attached hydrogens (primary N) is 1. The van der Waals surface area contributed by atoms with Gasteiger partial charge in [-0.05, 0) is 47.3 Å². The lowest BCUT2D eigenvalue weighted by Crippen LogP contribution is -2.42. The van der Waals surface area contributed by atoms with E-state index in [9.17, 15) is 9.90 Å². The molecule has 18 heavy (non-hydrogen) atoms. The maximum absolute atomic E-state index is 12.0. The fourth-order valence-electron chi connectivity index (χ4n) is 1.44. The second-order valence-corrected chi connectivity index (χ2v) is 6.07. The van der Waals surface area contributed by atoms with Crippen molar-refractivity contribution in [3.05, 3.63) is 28.2 Å². The van der Waals surface area contributed by atoms with E-state index in [1.165, 1.54) is 11.8 Å². The van der Waals surface area contributed by atoms with Crippen molar-refractivity contribution < 1.29 is 9.90 Å². The van der Waals surface area contributed by atoms with Crippen LogP contribution >= 0.6 is 27.7 Å². The first-order chi connectivity index (χ1) is 8.35. The second-order valence-electron chi connectivity index (χ2n) is 4.35. The molecule has 0 heterocycles. The van der Waals surface area contributed by atoms with Gasteiger partial charge in [-0.3, -0.25) is 4.79 Å². The molecule has 4 nitrogen and oxygen atoms in total. The molecule has 0 radical (unpaired) electrons. The Hall–Kier alpha value is -0.720. The monoisotopic (exact) mass is 332 g/mol. The van der Waals surface area contributed by atoms with Gasteiger partial charge in [0.25, 0.3) is 5.91 Å². The zero-order valence-electron chi connectivity index (χ0n) is 10.4. The van der Waals surface area contributed by atoms with Crippen LogP contribution in [0.2, 0.25) is 0 Å². The van der Waals surface area contributed by atoms with Gasteiger partial charge in [0.2, 0.25) is 0 Å². The van der Waals surface area contributed by atoms with Crippen LogP contribution in [0.25, 0.3) is 0 Å². The van der Waals surface area contributed by atoms with E-state index in [2.05, 4.69) is 21.2 Å². The van der Waals surface area contributed by atoms with Gasteiger partial charge >= 0.3 is 0 Å². The van der Waals surface area contributed by atoms with E-state index in [0.717, 1.165) is 0 Å². The Bertz CT molecular complexity index is 438. The van der Waals surface area contributed by atoms with Gasteiger partial charge in [-0.1, -0.05) is 0 Å². The number of hydrogen-bond donors (Lipinski definition) is 3. The van der Waals surface area contributed by atoms with E-state index in [-0.39, 0.29) is 12.5 Å². The minimum Gasteiger partial charge on any atom is -0.399 e. The number of carbonyl (C=O) groups is 1. The number of nitrogen functional groups attached to an aromatic ring is 1. The molecule has 0 saturated heterocycles. The van der Waals surface area contributed by atoms with Gasteiger partial charge in [-0.25, -0.2) is 0 Å². The van der Waals surface area contributed by atoms with Crippen LogP contribution in [0.4, 0.5) is 5.69 Å². The summed E-state index contributed by atoms with van der Waals surface area (Å²) in [6.45, 7) is 1.89. The zero-order chi connectivity index (χ0) is 13.8. The molecule has 0 aromatic heterocycles. The smallest absolute Gasteiger partial charge is 0.252 e. The van der Waals surface area contributed by atoms with Crippen molar-refractivity contribution in [1.29, 1.82) is 0 Å². The highest BCUT2D eigenvalue weighted by molar-refractivity contribution is 9.10. The van der Waals surface area contributed by atoms with Gasteiger partial charge in [0.05, 0.1) is 11.2 Å². The summed E-state index contributed by atoms with van der Waals surface area (Å²) < 4.78 is 0.679.